The summed E-state index contributed by atoms with van der Waals surface area (Å²) in [6.07, 6.45) is 0. The first-order chi connectivity index (χ1) is 8.33. The number of nitrogens with one attached hydrogen (secondary N) is 1. The molecule has 0 radical (unpaired) electrons. The molecule has 0 amide bonds. The summed E-state index contributed by atoms with van der Waals surface area (Å²) in [4.78, 5) is 0. The van der Waals surface area contributed by atoms with Gasteiger partial charge in [0.15, 0.2) is 0 Å². The van der Waals surface area contributed by atoms with Crippen LogP contribution in [-0.2, 0) is 4.74 Å². The van der Waals surface area contributed by atoms with Gasteiger partial charge in [0.05, 0.1) is 19.8 Å². The second-order valence-corrected chi connectivity index (χ2v) is 3.82. The fourth-order valence-corrected chi connectivity index (χ4v) is 1.33. The van der Waals surface area contributed by atoms with Crippen LogP contribution in [0.3, 0.4) is 0 Å². The van der Waals surface area contributed by atoms with Gasteiger partial charge in [0.1, 0.15) is 12.4 Å². The third-order valence-electron chi connectivity index (χ3n) is 2.02. The van der Waals surface area contributed by atoms with Gasteiger partial charge in [-0.3, -0.25) is 0 Å². The van der Waals surface area contributed by atoms with E-state index in [0.29, 0.717) is 31.4 Å². The molecule has 0 saturated carbocycles. The van der Waals surface area contributed by atoms with Crippen LogP contribution in [-0.4, -0.2) is 44.6 Å². The average Bonchev–Trinajstić information content (AvgIpc) is 2.35. The van der Waals surface area contributed by atoms with Crippen molar-refractivity contribution in [3.8, 4) is 5.75 Å². The summed E-state index contributed by atoms with van der Waals surface area (Å²) >= 11 is 5.75. The van der Waals surface area contributed by atoms with Gasteiger partial charge in [0.25, 0.3) is 0 Å². The molecule has 0 fully saturated rings. The number of hydrogen-bond acceptors (Lipinski definition) is 4. The van der Waals surface area contributed by atoms with Gasteiger partial charge >= 0.3 is 0 Å². The van der Waals surface area contributed by atoms with E-state index in [4.69, 9.17) is 26.2 Å². The zero-order chi connectivity index (χ0) is 12.3. The highest BCUT2D eigenvalue weighted by atomic mass is 35.5. The second-order valence-electron chi connectivity index (χ2n) is 3.39. The van der Waals surface area contributed by atoms with Crippen molar-refractivity contribution >= 4 is 11.6 Å². The lowest BCUT2D eigenvalue weighted by molar-refractivity contribution is 0.101. The first kappa shape index (κ1) is 14.3. The van der Waals surface area contributed by atoms with Gasteiger partial charge in [-0.2, -0.15) is 0 Å². The molecule has 2 N–H and O–H groups in total. The van der Waals surface area contributed by atoms with Crippen LogP contribution in [0, 0.1) is 0 Å². The highest BCUT2D eigenvalue weighted by molar-refractivity contribution is 6.30. The van der Waals surface area contributed by atoms with E-state index in [2.05, 4.69) is 5.32 Å². The average molecular weight is 260 g/mol. The summed E-state index contributed by atoms with van der Waals surface area (Å²) in [5.41, 5.74) is 0. The van der Waals surface area contributed by atoms with Crippen LogP contribution in [0.1, 0.15) is 0 Å². The molecule has 4 nitrogen and oxygen atoms in total. The van der Waals surface area contributed by atoms with Gasteiger partial charge in [-0.05, 0) is 24.3 Å². The summed E-state index contributed by atoms with van der Waals surface area (Å²) in [6.45, 7) is 3.17. The molecule has 0 aromatic heterocycles. The molecule has 0 bridgehead atoms. The lowest BCUT2D eigenvalue weighted by Gasteiger charge is -2.07. The van der Waals surface area contributed by atoms with Gasteiger partial charge in [0.2, 0.25) is 0 Å². The fourth-order valence-electron chi connectivity index (χ4n) is 1.20. The maximum Gasteiger partial charge on any atom is 0.119 e. The molecule has 0 aliphatic heterocycles. The lowest BCUT2D eigenvalue weighted by Crippen LogP contribution is -2.23. The highest BCUT2D eigenvalue weighted by Crippen LogP contribution is 2.15. The van der Waals surface area contributed by atoms with Crippen molar-refractivity contribution in [2.45, 2.75) is 0 Å². The number of aliphatic hydroxyl groups excluding tert-OH is 1. The smallest absolute Gasteiger partial charge is 0.119 e. The van der Waals surface area contributed by atoms with Crippen LogP contribution in [0.2, 0.25) is 5.02 Å². The Hall–Kier alpha value is -0.810. The molecule has 1 aromatic carbocycles. The van der Waals surface area contributed by atoms with E-state index in [-0.39, 0.29) is 6.61 Å². The molecule has 0 saturated heterocycles. The normalized spacial score (nSPS) is 10.5. The molecular weight excluding hydrogens is 242 g/mol. The summed E-state index contributed by atoms with van der Waals surface area (Å²) in [6, 6.07) is 7.23. The molecule has 5 heteroatoms. The quantitative estimate of drug-likeness (QED) is 0.657. The third kappa shape index (κ3) is 7.18. The predicted octanol–water partition coefficient (Wildman–Crippen LogP) is 1.32. The molecule has 0 spiro atoms. The van der Waals surface area contributed by atoms with Crippen LogP contribution in [0.15, 0.2) is 24.3 Å². The Labute approximate surface area is 106 Å². The van der Waals surface area contributed by atoms with Crippen molar-refractivity contribution in [3.05, 3.63) is 29.3 Å². The van der Waals surface area contributed by atoms with Crippen molar-refractivity contribution in [3.63, 3.8) is 0 Å². The van der Waals surface area contributed by atoms with Gasteiger partial charge in [-0.15, -0.1) is 0 Å². The molecule has 0 unspecified atom stereocenters. The molecule has 1 aromatic rings. The highest BCUT2D eigenvalue weighted by Gasteiger charge is 1.94. The molecule has 17 heavy (non-hydrogen) atoms. The maximum absolute atomic E-state index is 8.52. The van der Waals surface area contributed by atoms with Crippen LogP contribution >= 0.6 is 11.6 Å². The monoisotopic (exact) mass is 259 g/mol. The Morgan fingerprint density at radius 3 is 2.53 bits per heavy atom. The topological polar surface area (TPSA) is 50.7 Å². The van der Waals surface area contributed by atoms with E-state index in [0.717, 1.165) is 12.3 Å². The minimum atomic E-state index is 0.152. The third-order valence-corrected chi connectivity index (χ3v) is 2.27. The summed E-state index contributed by atoms with van der Waals surface area (Å²) in [7, 11) is 0. The molecular formula is C12H18ClNO3. The van der Waals surface area contributed by atoms with Crippen LogP contribution < -0.4 is 10.1 Å². The van der Waals surface area contributed by atoms with Gasteiger partial charge in [-0.25, -0.2) is 0 Å². The van der Waals surface area contributed by atoms with Crippen LogP contribution in [0.5, 0.6) is 5.75 Å². The van der Waals surface area contributed by atoms with Crippen molar-refractivity contribution < 1.29 is 14.6 Å². The molecule has 96 valence electrons. The minimum absolute atomic E-state index is 0.152. The number of rotatable bonds is 9. The number of benzene rings is 1. The molecule has 0 aliphatic rings. The largest absolute Gasteiger partial charge is 0.491 e. The number of hydrogen-bond donors (Lipinski definition) is 2. The molecule has 0 aliphatic carbocycles. The zero-order valence-electron chi connectivity index (χ0n) is 9.69. The SMILES string of the molecule is OCCNCCOCCOc1ccc(Cl)cc1. The molecule has 1 rings (SSSR count). The first-order valence-corrected chi connectivity index (χ1v) is 5.98. The Kier molecular flexibility index (Phi) is 7.75. The summed E-state index contributed by atoms with van der Waals surface area (Å²) in [5, 5.41) is 12.2. The van der Waals surface area contributed by atoms with Gasteiger partial charge in [0, 0.05) is 18.1 Å². The molecule has 0 atom stereocenters. The Bertz CT molecular complexity index is 292. The lowest BCUT2D eigenvalue weighted by atomic mass is 10.3. The van der Waals surface area contributed by atoms with E-state index in [9.17, 15) is 0 Å². The summed E-state index contributed by atoms with van der Waals surface area (Å²) in [5.74, 6) is 0.788. The van der Waals surface area contributed by atoms with E-state index in [1.807, 2.05) is 12.1 Å². The predicted molar refractivity (Wildman–Crippen MR) is 67.7 cm³/mol. The van der Waals surface area contributed by atoms with Crippen molar-refractivity contribution in [2.24, 2.45) is 0 Å². The minimum Gasteiger partial charge on any atom is -0.491 e. The summed E-state index contributed by atoms with van der Waals surface area (Å²) < 4.78 is 10.8. The Morgan fingerprint density at radius 2 is 1.82 bits per heavy atom. The van der Waals surface area contributed by atoms with Crippen molar-refractivity contribution in [2.75, 3.05) is 39.5 Å². The Balaban J connectivity index is 1.95. The van der Waals surface area contributed by atoms with E-state index >= 15 is 0 Å². The van der Waals surface area contributed by atoms with Crippen molar-refractivity contribution in [1.29, 1.82) is 0 Å². The molecule has 0 heterocycles. The van der Waals surface area contributed by atoms with Crippen LogP contribution in [0.4, 0.5) is 0 Å². The number of ether oxygens (including phenoxy) is 2. The van der Waals surface area contributed by atoms with E-state index < -0.39 is 0 Å². The van der Waals surface area contributed by atoms with Gasteiger partial charge < -0.3 is 19.9 Å². The zero-order valence-corrected chi connectivity index (χ0v) is 10.4. The van der Waals surface area contributed by atoms with Crippen molar-refractivity contribution in [1.82, 2.24) is 5.32 Å². The first-order valence-electron chi connectivity index (χ1n) is 5.60. The Morgan fingerprint density at radius 1 is 1.06 bits per heavy atom. The number of aliphatic hydroxyl groups is 1. The standard InChI is InChI=1S/C12H18ClNO3/c13-11-1-3-12(4-2-11)17-10-9-16-8-6-14-5-7-15/h1-4,14-15H,5-10H2. The second kappa shape index (κ2) is 9.24. The van der Waals surface area contributed by atoms with Gasteiger partial charge in [-0.1, -0.05) is 11.6 Å². The van der Waals surface area contributed by atoms with Crippen LogP contribution in [0.25, 0.3) is 0 Å². The van der Waals surface area contributed by atoms with E-state index in [1.165, 1.54) is 0 Å². The fraction of sp³-hybridized carbons (Fsp3) is 0.500. The maximum atomic E-state index is 8.52. The van der Waals surface area contributed by atoms with E-state index in [1.54, 1.807) is 12.1 Å². The number of halogens is 1.